The Balaban J connectivity index is 2.06. The lowest BCUT2D eigenvalue weighted by Gasteiger charge is -2.15. The second-order valence-corrected chi connectivity index (χ2v) is 6.39. The third kappa shape index (κ3) is 4.21. The summed E-state index contributed by atoms with van der Waals surface area (Å²) in [6, 6.07) is 11.2. The molecule has 0 aliphatic rings. The van der Waals surface area contributed by atoms with Crippen molar-refractivity contribution in [2.45, 2.75) is 13.3 Å². The molecule has 0 unspecified atom stereocenters. The zero-order chi connectivity index (χ0) is 20.8. The van der Waals surface area contributed by atoms with E-state index >= 15 is 0 Å². The van der Waals surface area contributed by atoms with E-state index < -0.39 is 0 Å². The minimum absolute atomic E-state index is 0.255. The van der Waals surface area contributed by atoms with Gasteiger partial charge in [-0.3, -0.25) is 4.79 Å². The molecule has 1 heterocycles. The Hall–Kier alpha value is -3.41. The SMILES string of the molecule is CCCOC(=Cc1c[nH]c2ccccc12)C(=O)c1cc(OC)c(OC)c(OC)c1. The smallest absolute Gasteiger partial charge is 0.227 e. The van der Waals surface area contributed by atoms with Gasteiger partial charge >= 0.3 is 0 Å². The fourth-order valence-electron chi connectivity index (χ4n) is 3.09. The quantitative estimate of drug-likeness (QED) is 0.319. The molecule has 0 aliphatic heterocycles. The second kappa shape index (κ2) is 9.19. The van der Waals surface area contributed by atoms with Crippen LogP contribution in [-0.4, -0.2) is 38.7 Å². The van der Waals surface area contributed by atoms with Crippen LogP contribution in [0.3, 0.4) is 0 Å². The van der Waals surface area contributed by atoms with Gasteiger partial charge in [0.25, 0.3) is 0 Å². The average molecular weight is 395 g/mol. The molecule has 0 aliphatic carbocycles. The number of hydrogen-bond donors (Lipinski definition) is 1. The van der Waals surface area contributed by atoms with Crippen LogP contribution in [0.25, 0.3) is 17.0 Å². The maximum Gasteiger partial charge on any atom is 0.227 e. The number of benzene rings is 2. The molecule has 0 saturated carbocycles. The van der Waals surface area contributed by atoms with Crippen molar-refractivity contribution in [2.75, 3.05) is 27.9 Å². The lowest BCUT2D eigenvalue weighted by atomic mass is 10.1. The van der Waals surface area contributed by atoms with Crippen LogP contribution in [-0.2, 0) is 4.74 Å². The van der Waals surface area contributed by atoms with Crippen molar-refractivity contribution in [1.82, 2.24) is 4.98 Å². The Bertz CT molecular complexity index is 1010. The number of Topliss-reactive ketones (excluding diaryl/α,β-unsaturated/α-hetero) is 1. The Morgan fingerprint density at radius 3 is 2.34 bits per heavy atom. The zero-order valence-corrected chi connectivity index (χ0v) is 17.1. The number of fused-ring (bicyclic) bond motifs is 1. The minimum Gasteiger partial charge on any atom is -0.493 e. The summed E-state index contributed by atoms with van der Waals surface area (Å²) in [5.74, 6) is 1.26. The maximum absolute atomic E-state index is 13.3. The number of para-hydroxylation sites is 1. The summed E-state index contributed by atoms with van der Waals surface area (Å²) in [4.78, 5) is 16.5. The van der Waals surface area contributed by atoms with Gasteiger partial charge in [0, 0.05) is 28.2 Å². The van der Waals surface area contributed by atoms with Crippen molar-refractivity contribution in [1.29, 1.82) is 0 Å². The molecule has 0 bridgehead atoms. The van der Waals surface area contributed by atoms with Crippen molar-refractivity contribution in [3.8, 4) is 17.2 Å². The van der Waals surface area contributed by atoms with Crippen molar-refractivity contribution < 1.29 is 23.7 Å². The van der Waals surface area contributed by atoms with Crippen LogP contribution in [0.4, 0.5) is 0 Å². The number of allylic oxidation sites excluding steroid dienone is 1. The highest BCUT2D eigenvalue weighted by atomic mass is 16.5. The fourth-order valence-corrected chi connectivity index (χ4v) is 3.09. The third-order valence-corrected chi connectivity index (χ3v) is 4.52. The van der Waals surface area contributed by atoms with Crippen LogP contribution < -0.4 is 14.2 Å². The van der Waals surface area contributed by atoms with Crippen LogP contribution in [0.15, 0.2) is 48.4 Å². The molecular formula is C23H25NO5. The first-order chi connectivity index (χ1) is 14.1. The van der Waals surface area contributed by atoms with Crippen LogP contribution in [0.1, 0.15) is 29.3 Å². The largest absolute Gasteiger partial charge is 0.493 e. The summed E-state index contributed by atoms with van der Waals surface area (Å²) < 4.78 is 21.9. The predicted octanol–water partition coefficient (Wildman–Crippen LogP) is 4.84. The number of aromatic amines is 1. The lowest BCUT2D eigenvalue weighted by Crippen LogP contribution is -2.09. The van der Waals surface area contributed by atoms with Gasteiger partial charge in [0.1, 0.15) is 0 Å². The number of nitrogens with one attached hydrogen (secondary N) is 1. The van der Waals surface area contributed by atoms with Gasteiger partial charge in [-0.25, -0.2) is 0 Å². The molecule has 0 fully saturated rings. The van der Waals surface area contributed by atoms with Crippen LogP contribution in [0.2, 0.25) is 0 Å². The Labute approximate surface area is 170 Å². The maximum atomic E-state index is 13.3. The summed E-state index contributed by atoms with van der Waals surface area (Å²) in [6.45, 7) is 2.43. The third-order valence-electron chi connectivity index (χ3n) is 4.52. The van der Waals surface area contributed by atoms with Gasteiger partial charge in [0.15, 0.2) is 17.3 Å². The average Bonchev–Trinajstić information content (AvgIpc) is 3.17. The molecule has 6 nitrogen and oxygen atoms in total. The molecule has 0 saturated heterocycles. The Morgan fingerprint density at radius 2 is 1.72 bits per heavy atom. The lowest BCUT2D eigenvalue weighted by molar-refractivity contribution is 0.0922. The first-order valence-corrected chi connectivity index (χ1v) is 9.38. The van der Waals surface area contributed by atoms with Gasteiger partial charge in [-0.05, 0) is 30.7 Å². The van der Waals surface area contributed by atoms with Gasteiger partial charge in [-0.1, -0.05) is 25.1 Å². The molecule has 1 aromatic heterocycles. The van der Waals surface area contributed by atoms with Crippen molar-refractivity contribution in [3.63, 3.8) is 0 Å². The number of methoxy groups -OCH3 is 3. The van der Waals surface area contributed by atoms with E-state index in [-0.39, 0.29) is 11.5 Å². The molecule has 2 aromatic carbocycles. The van der Waals surface area contributed by atoms with E-state index in [4.69, 9.17) is 18.9 Å². The molecule has 3 aromatic rings. The normalized spacial score (nSPS) is 11.4. The van der Waals surface area contributed by atoms with Crippen molar-refractivity contribution >= 4 is 22.8 Å². The summed E-state index contributed by atoms with van der Waals surface area (Å²) >= 11 is 0. The number of aromatic nitrogens is 1. The number of H-pyrrole nitrogens is 1. The van der Waals surface area contributed by atoms with E-state index in [0.29, 0.717) is 29.4 Å². The summed E-state index contributed by atoms with van der Waals surface area (Å²) in [5.41, 5.74) is 2.27. The molecule has 152 valence electrons. The molecule has 29 heavy (non-hydrogen) atoms. The highest BCUT2D eigenvalue weighted by Gasteiger charge is 2.21. The Morgan fingerprint density at radius 1 is 1.03 bits per heavy atom. The van der Waals surface area contributed by atoms with Crippen LogP contribution in [0, 0.1) is 0 Å². The summed E-state index contributed by atoms with van der Waals surface area (Å²) in [6.07, 6.45) is 4.41. The molecule has 0 atom stereocenters. The van der Waals surface area contributed by atoms with E-state index in [2.05, 4.69) is 4.98 Å². The van der Waals surface area contributed by atoms with Gasteiger partial charge in [0.05, 0.1) is 27.9 Å². The highest BCUT2D eigenvalue weighted by Crippen LogP contribution is 2.39. The van der Waals surface area contributed by atoms with Crippen molar-refractivity contribution in [2.24, 2.45) is 0 Å². The number of ketones is 1. The molecule has 3 rings (SSSR count). The molecule has 1 N–H and O–H groups in total. The topological polar surface area (TPSA) is 69.8 Å². The van der Waals surface area contributed by atoms with Gasteiger partial charge < -0.3 is 23.9 Å². The monoisotopic (exact) mass is 395 g/mol. The van der Waals surface area contributed by atoms with Gasteiger partial charge in [-0.15, -0.1) is 0 Å². The molecular weight excluding hydrogens is 370 g/mol. The zero-order valence-electron chi connectivity index (χ0n) is 17.1. The Kier molecular flexibility index (Phi) is 6.44. The van der Waals surface area contributed by atoms with Gasteiger partial charge in [-0.2, -0.15) is 0 Å². The molecule has 0 amide bonds. The number of carbonyl (C=O) groups excluding carboxylic acids is 1. The van der Waals surface area contributed by atoms with Crippen molar-refractivity contribution in [3.05, 3.63) is 59.5 Å². The minimum atomic E-state index is -0.261. The number of carbonyl (C=O) groups is 1. The van der Waals surface area contributed by atoms with E-state index in [9.17, 15) is 4.79 Å². The second-order valence-electron chi connectivity index (χ2n) is 6.39. The number of ether oxygens (including phenoxy) is 4. The van der Waals surface area contributed by atoms with E-state index in [0.717, 1.165) is 22.9 Å². The number of rotatable bonds is 9. The summed E-state index contributed by atoms with van der Waals surface area (Å²) in [5, 5.41) is 1.02. The standard InChI is InChI=1S/C23H25NO5/c1-5-10-29-19(13-16-14-24-18-9-7-6-8-17(16)18)22(25)15-11-20(26-2)23(28-4)21(12-15)27-3/h6-9,11-14,24H,5,10H2,1-4H3. The molecule has 0 spiro atoms. The number of hydrogen-bond acceptors (Lipinski definition) is 5. The predicted molar refractivity (Wildman–Crippen MR) is 113 cm³/mol. The van der Waals surface area contributed by atoms with E-state index in [1.54, 1.807) is 18.2 Å². The summed E-state index contributed by atoms with van der Waals surface area (Å²) in [7, 11) is 4.55. The molecule has 0 radical (unpaired) electrons. The molecule has 6 heteroatoms. The first-order valence-electron chi connectivity index (χ1n) is 9.38. The first kappa shape index (κ1) is 20.3. The van der Waals surface area contributed by atoms with E-state index in [1.807, 2.05) is 37.4 Å². The fraction of sp³-hybridized carbons (Fsp3) is 0.261. The van der Waals surface area contributed by atoms with Crippen LogP contribution in [0.5, 0.6) is 17.2 Å². The van der Waals surface area contributed by atoms with E-state index in [1.165, 1.54) is 21.3 Å². The van der Waals surface area contributed by atoms with Crippen LogP contribution >= 0.6 is 0 Å². The van der Waals surface area contributed by atoms with Gasteiger partial charge in [0.2, 0.25) is 11.5 Å². The highest BCUT2D eigenvalue weighted by molar-refractivity contribution is 6.11.